The molecule has 5 nitrogen and oxygen atoms in total. The van der Waals surface area contributed by atoms with Crippen LogP contribution in [0, 0.1) is 6.92 Å². The van der Waals surface area contributed by atoms with Crippen LogP contribution in [0.3, 0.4) is 0 Å². The van der Waals surface area contributed by atoms with Gasteiger partial charge in [-0.25, -0.2) is 0 Å². The van der Waals surface area contributed by atoms with Crippen molar-refractivity contribution >= 4 is 5.91 Å². The lowest BCUT2D eigenvalue weighted by molar-refractivity contribution is -0.0499. The SMILES string of the molecule is Cc1c[nH]cc(C(=O)N[C@H](C)c2cccc(OC(F)F)c2)c1=O. The molecule has 1 heterocycles. The Bertz CT molecular complexity index is 759. The van der Waals surface area contributed by atoms with Gasteiger partial charge in [0.15, 0.2) is 5.43 Å². The number of nitrogens with one attached hydrogen (secondary N) is 2. The molecule has 0 saturated carbocycles. The molecule has 1 aromatic heterocycles. The summed E-state index contributed by atoms with van der Waals surface area (Å²) < 4.78 is 28.8. The second-order valence-corrected chi connectivity index (χ2v) is 5.03. The summed E-state index contributed by atoms with van der Waals surface area (Å²) in [4.78, 5) is 26.8. The van der Waals surface area contributed by atoms with Crippen LogP contribution in [0.2, 0.25) is 0 Å². The molecule has 1 aromatic carbocycles. The molecule has 0 radical (unpaired) electrons. The predicted molar refractivity (Wildman–Crippen MR) is 80.8 cm³/mol. The van der Waals surface area contributed by atoms with Gasteiger partial charge in [-0.2, -0.15) is 8.78 Å². The van der Waals surface area contributed by atoms with Crippen LogP contribution >= 0.6 is 0 Å². The summed E-state index contributed by atoms with van der Waals surface area (Å²) >= 11 is 0. The molecule has 0 bridgehead atoms. The van der Waals surface area contributed by atoms with E-state index in [0.717, 1.165) is 0 Å². The molecule has 7 heteroatoms. The van der Waals surface area contributed by atoms with Crippen molar-refractivity contribution in [3.63, 3.8) is 0 Å². The van der Waals surface area contributed by atoms with Crippen molar-refractivity contribution in [2.75, 3.05) is 0 Å². The second-order valence-electron chi connectivity index (χ2n) is 5.03. The number of halogens is 2. The summed E-state index contributed by atoms with van der Waals surface area (Å²) in [7, 11) is 0. The summed E-state index contributed by atoms with van der Waals surface area (Å²) in [5, 5.41) is 2.66. The first-order valence-electron chi connectivity index (χ1n) is 6.92. The molecule has 0 fully saturated rings. The first-order chi connectivity index (χ1) is 10.9. The number of carbonyl (C=O) groups is 1. The van der Waals surface area contributed by atoms with E-state index in [1.54, 1.807) is 26.0 Å². The quantitative estimate of drug-likeness (QED) is 0.889. The number of amides is 1. The number of ether oxygens (including phenoxy) is 1. The monoisotopic (exact) mass is 322 g/mol. The third-order valence-electron chi connectivity index (χ3n) is 3.31. The van der Waals surface area contributed by atoms with E-state index in [-0.39, 0.29) is 16.7 Å². The molecular weight excluding hydrogens is 306 g/mol. The van der Waals surface area contributed by atoms with Gasteiger partial charge < -0.3 is 15.0 Å². The van der Waals surface area contributed by atoms with Gasteiger partial charge in [0.1, 0.15) is 11.3 Å². The number of H-pyrrole nitrogens is 1. The molecule has 23 heavy (non-hydrogen) atoms. The molecule has 2 N–H and O–H groups in total. The van der Waals surface area contributed by atoms with E-state index in [2.05, 4.69) is 15.0 Å². The third-order valence-corrected chi connectivity index (χ3v) is 3.31. The summed E-state index contributed by atoms with van der Waals surface area (Å²) in [6.45, 7) is 0.370. The second kappa shape index (κ2) is 7.04. The maximum atomic E-state index is 12.2. The summed E-state index contributed by atoms with van der Waals surface area (Å²) in [6.07, 6.45) is 2.83. The van der Waals surface area contributed by atoms with Gasteiger partial charge in [0, 0.05) is 18.0 Å². The van der Waals surface area contributed by atoms with Crippen molar-refractivity contribution in [3.8, 4) is 5.75 Å². The molecule has 0 saturated heterocycles. The Hall–Kier alpha value is -2.70. The number of hydrogen-bond acceptors (Lipinski definition) is 3. The van der Waals surface area contributed by atoms with Gasteiger partial charge in [0.25, 0.3) is 5.91 Å². The molecule has 1 atom stereocenters. The number of carbonyl (C=O) groups excluding carboxylic acids is 1. The first kappa shape index (κ1) is 16.7. The highest BCUT2D eigenvalue weighted by atomic mass is 19.3. The minimum atomic E-state index is -2.92. The number of hydrogen-bond donors (Lipinski definition) is 2. The van der Waals surface area contributed by atoms with E-state index in [4.69, 9.17) is 0 Å². The number of rotatable bonds is 5. The minimum absolute atomic E-state index is 0.00293. The molecular formula is C16H16F2N2O3. The Morgan fingerprint density at radius 1 is 1.30 bits per heavy atom. The van der Waals surface area contributed by atoms with Gasteiger partial charge in [-0.3, -0.25) is 9.59 Å². The standard InChI is InChI=1S/C16H16F2N2O3/c1-9-7-19-8-13(14(9)21)15(22)20-10(2)11-4-3-5-12(6-11)23-16(17)18/h3-8,10,16H,1-2H3,(H,19,21)(H,20,22)/t10-/m1/s1. The lowest BCUT2D eigenvalue weighted by Gasteiger charge is -2.15. The van der Waals surface area contributed by atoms with Crippen molar-refractivity contribution in [1.82, 2.24) is 10.3 Å². The van der Waals surface area contributed by atoms with Crippen LogP contribution in [0.25, 0.3) is 0 Å². The maximum Gasteiger partial charge on any atom is 0.387 e. The molecule has 2 aromatic rings. The first-order valence-corrected chi connectivity index (χ1v) is 6.92. The number of aryl methyl sites for hydroxylation is 1. The molecule has 0 aliphatic carbocycles. The van der Waals surface area contributed by atoms with Crippen molar-refractivity contribution in [3.05, 3.63) is 63.6 Å². The fourth-order valence-electron chi connectivity index (χ4n) is 2.08. The topological polar surface area (TPSA) is 71.2 Å². The highest BCUT2D eigenvalue weighted by Gasteiger charge is 2.16. The Balaban J connectivity index is 2.15. The van der Waals surface area contributed by atoms with E-state index < -0.39 is 18.6 Å². The molecule has 0 aliphatic heterocycles. The van der Waals surface area contributed by atoms with E-state index in [9.17, 15) is 18.4 Å². The normalized spacial score (nSPS) is 12.0. The van der Waals surface area contributed by atoms with Crippen LogP contribution in [-0.2, 0) is 0 Å². The number of pyridine rings is 1. The Morgan fingerprint density at radius 2 is 2.04 bits per heavy atom. The van der Waals surface area contributed by atoms with Crippen LogP contribution in [0.15, 0.2) is 41.5 Å². The Morgan fingerprint density at radius 3 is 2.74 bits per heavy atom. The zero-order chi connectivity index (χ0) is 17.0. The van der Waals surface area contributed by atoms with Gasteiger partial charge in [-0.1, -0.05) is 12.1 Å². The van der Waals surface area contributed by atoms with Crippen LogP contribution in [0.4, 0.5) is 8.78 Å². The van der Waals surface area contributed by atoms with Gasteiger partial charge in [-0.15, -0.1) is 0 Å². The van der Waals surface area contributed by atoms with Gasteiger partial charge in [0.05, 0.1) is 6.04 Å². The lowest BCUT2D eigenvalue weighted by Crippen LogP contribution is -2.31. The fourth-order valence-corrected chi connectivity index (χ4v) is 2.08. The van der Waals surface area contributed by atoms with Crippen LogP contribution < -0.4 is 15.5 Å². The van der Waals surface area contributed by atoms with Crippen molar-refractivity contribution in [2.45, 2.75) is 26.5 Å². The van der Waals surface area contributed by atoms with E-state index >= 15 is 0 Å². The van der Waals surface area contributed by atoms with E-state index in [1.807, 2.05) is 0 Å². The average molecular weight is 322 g/mol. The molecule has 0 aliphatic rings. The number of aromatic nitrogens is 1. The largest absolute Gasteiger partial charge is 0.435 e. The fraction of sp³-hybridized carbons (Fsp3) is 0.250. The lowest BCUT2D eigenvalue weighted by atomic mass is 10.1. The van der Waals surface area contributed by atoms with E-state index in [0.29, 0.717) is 11.1 Å². The molecule has 122 valence electrons. The number of aromatic amines is 1. The minimum Gasteiger partial charge on any atom is -0.435 e. The highest BCUT2D eigenvalue weighted by Crippen LogP contribution is 2.20. The Kier molecular flexibility index (Phi) is 5.10. The summed E-state index contributed by atoms with van der Waals surface area (Å²) in [5.74, 6) is -0.533. The average Bonchev–Trinajstić information content (AvgIpc) is 2.49. The maximum absolute atomic E-state index is 12.2. The molecule has 0 unspecified atom stereocenters. The molecule has 1 amide bonds. The van der Waals surface area contributed by atoms with Gasteiger partial charge in [-0.05, 0) is 31.5 Å². The predicted octanol–water partition coefficient (Wildman–Crippen LogP) is 2.78. The summed E-state index contributed by atoms with van der Waals surface area (Å²) in [6, 6.07) is 5.55. The van der Waals surface area contributed by atoms with Crippen LogP contribution in [0.5, 0.6) is 5.75 Å². The number of alkyl halides is 2. The number of benzene rings is 1. The van der Waals surface area contributed by atoms with Crippen molar-refractivity contribution < 1.29 is 18.3 Å². The van der Waals surface area contributed by atoms with Crippen molar-refractivity contribution in [1.29, 1.82) is 0 Å². The molecule has 2 rings (SSSR count). The highest BCUT2D eigenvalue weighted by molar-refractivity contribution is 5.94. The smallest absolute Gasteiger partial charge is 0.387 e. The van der Waals surface area contributed by atoms with Crippen LogP contribution in [0.1, 0.15) is 34.5 Å². The third kappa shape index (κ3) is 4.15. The molecule has 0 spiro atoms. The zero-order valence-corrected chi connectivity index (χ0v) is 12.6. The van der Waals surface area contributed by atoms with Gasteiger partial charge in [0.2, 0.25) is 0 Å². The van der Waals surface area contributed by atoms with Crippen molar-refractivity contribution in [2.24, 2.45) is 0 Å². The van der Waals surface area contributed by atoms with E-state index in [1.165, 1.54) is 24.5 Å². The van der Waals surface area contributed by atoms with Crippen LogP contribution in [-0.4, -0.2) is 17.5 Å². The van der Waals surface area contributed by atoms with Gasteiger partial charge >= 0.3 is 6.61 Å². The zero-order valence-electron chi connectivity index (χ0n) is 12.6. The summed E-state index contributed by atoms with van der Waals surface area (Å²) in [5.41, 5.74) is 0.651. The Labute approximate surface area is 131 Å².